The zero-order valence-corrected chi connectivity index (χ0v) is 13.4. The van der Waals surface area contributed by atoms with Crippen LogP contribution in [0.1, 0.15) is 11.1 Å². The lowest BCUT2D eigenvalue weighted by molar-refractivity contribution is 0.450. The van der Waals surface area contributed by atoms with Crippen molar-refractivity contribution >= 4 is 35.0 Å². The monoisotopic (exact) mass is 346 g/mol. The van der Waals surface area contributed by atoms with Gasteiger partial charge in [0.15, 0.2) is 0 Å². The Balaban J connectivity index is 2.36. The SMILES string of the molecule is FCC(Cl)(SC(Cl)(CF)c1ccccc1)c1ccccc1. The van der Waals surface area contributed by atoms with Gasteiger partial charge >= 0.3 is 0 Å². The fourth-order valence-corrected chi connectivity index (χ4v) is 4.25. The summed E-state index contributed by atoms with van der Waals surface area (Å²) in [5, 5.41) is 0. The first-order chi connectivity index (χ1) is 10.0. The van der Waals surface area contributed by atoms with Crippen LogP contribution in [0.2, 0.25) is 0 Å². The maximum absolute atomic E-state index is 13.6. The number of thioether (sulfide) groups is 1. The molecule has 2 aromatic carbocycles. The maximum atomic E-state index is 13.6. The van der Waals surface area contributed by atoms with E-state index in [0.717, 1.165) is 11.8 Å². The third-order valence-electron chi connectivity index (χ3n) is 3.08. The molecule has 0 aliphatic carbocycles. The normalized spacial score (nSPS) is 17.0. The summed E-state index contributed by atoms with van der Waals surface area (Å²) in [4.78, 5) is 0. The molecular weight excluding hydrogens is 333 g/mol. The molecule has 5 heteroatoms. The van der Waals surface area contributed by atoms with Crippen molar-refractivity contribution in [2.24, 2.45) is 0 Å². The van der Waals surface area contributed by atoms with Crippen LogP contribution in [0.5, 0.6) is 0 Å². The maximum Gasteiger partial charge on any atom is 0.145 e. The predicted octanol–water partition coefficient (Wildman–Crippen LogP) is 5.84. The van der Waals surface area contributed by atoms with Gasteiger partial charge in [-0.25, -0.2) is 8.78 Å². The number of halogens is 4. The highest BCUT2D eigenvalue weighted by molar-refractivity contribution is 8.03. The van der Waals surface area contributed by atoms with Gasteiger partial charge < -0.3 is 0 Å². The van der Waals surface area contributed by atoms with Crippen LogP contribution in [-0.2, 0) is 8.41 Å². The van der Waals surface area contributed by atoms with Crippen molar-refractivity contribution in [2.75, 3.05) is 13.3 Å². The van der Waals surface area contributed by atoms with Crippen LogP contribution < -0.4 is 0 Å². The highest BCUT2D eigenvalue weighted by atomic mass is 35.5. The Hall–Kier alpha value is -0.770. The molecule has 2 rings (SSSR count). The molecule has 0 heterocycles. The van der Waals surface area contributed by atoms with Crippen molar-refractivity contribution in [1.82, 2.24) is 0 Å². The average Bonchev–Trinajstić information content (AvgIpc) is 2.56. The van der Waals surface area contributed by atoms with Crippen molar-refractivity contribution in [2.45, 2.75) is 8.41 Å². The van der Waals surface area contributed by atoms with Gasteiger partial charge in [0.1, 0.15) is 21.8 Å². The molecule has 2 atom stereocenters. The van der Waals surface area contributed by atoms with Crippen molar-refractivity contribution in [3.63, 3.8) is 0 Å². The third kappa shape index (κ3) is 3.71. The van der Waals surface area contributed by atoms with E-state index in [4.69, 9.17) is 23.2 Å². The molecule has 0 spiro atoms. The van der Waals surface area contributed by atoms with Gasteiger partial charge in [-0.2, -0.15) is 0 Å². The molecule has 0 aromatic heterocycles. The first-order valence-corrected chi connectivity index (χ1v) is 7.92. The van der Waals surface area contributed by atoms with Crippen molar-refractivity contribution in [3.05, 3.63) is 71.8 Å². The Labute approximate surface area is 137 Å². The molecule has 0 aliphatic rings. The van der Waals surface area contributed by atoms with E-state index in [-0.39, 0.29) is 0 Å². The van der Waals surface area contributed by atoms with E-state index in [1.807, 2.05) is 12.1 Å². The van der Waals surface area contributed by atoms with E-state index in [1.54, 1.807) is 48.5 Å². The van der Waals surface area contributed by atoms with Gasteiger partial charge in [0.05, 0.1) is 0 Å². The van der Waals surface area contributed by atoms with Crippen LogP contribution in [0.25, 0.3) is 0 Å². The van der Waals surface area contributed by atoms with Crippen LogP contribution in [0.4, 0.5) is 8.78 Å². The van der Waals surface area contributed by atoms with Gasteiger partial charge in [-0.1, -0.05) is 83.9 Å². The first-order valence-electron chi connectivity index (χ1n) is 6.35. The van der Waals surface area contributed by atoms with E-state index in [2.05, 4.69) is 0 Å². The number of hydrogen-bond donors (Lipinski definition) is 0. The molecule has 21 heavy (non-hydrogen) atoms. The van der Waals surface area contributed by atoms with Gasteiger partial charge in [-0.15, -0.1) is 11.8 Å². The first kappa shape index (κ1) is 16.6. The number of rotatable bonds is 6. The smallest absolute Gasteiger partial charge is 0.145 e. The minimum absolute atomic E-state index is 0.563. The van der Waals surface area contributed by atoms with Gasteiger partial charge in [0.25, 0.3) is 0 Å². The van der Waals surface area contributed by atoms with Gasteiger partial charge in [-0.05, 0) is 11.1 Å². The summed E-state index contributed by atoms with van der Waals surface area (Å²) < 4.78 is 24.3. The molecule has 0 radical (unpaired) electrons. The Kier molecular flexibility index (Phi) is 5.53. The lowest BCUT2D eigenvalue weighted by Gasteiger charge is -2.33. The van der Waals surface area contributed by atoms with Gasteiger partial charge in [0, 0.05) is 0 Å². The summed E-state index contributed by atoms with van der Waals surface area (Å²) in [5.74, 6) is 0. The molecular formula is C16H14Cl2F2S. The second kappa shape index (κ2) is 6.99. The molecule has 0 saturated carbocycles. The topological polar surface area (TPSA) is 0 Å². The molecule has 2 aromatic rings. The minimum Gasteiger partial charge on any atom is -0.248 e. The Bertz CT molecular complexity index is 516. The van der Waals surface area contributed by atoms with E-state index < -0.39 is 21.8 Å². The Morgan fingerprint density at radius 1 is 0.714 bits per heavy atom. The summed E-state index contributed by atoms with van der Waals surface area (Å²) in [6.07, 6.45) is 0. The van der Waals surface area contributed by atoms with Crippen LogP contribution in [0.3, 0.4) is 0 Å². The van der Waals surface area contributed by atoms with Crippen LogP contribution in [0, 0.1) is 0 Å². The highest BCUT2D eigenvalue weighted by Crippen LogP contribution is 2.54. The molecule has 0 fully saturated rings. The third-order valence-corrected chi connectivity index (χ3v) is 5.52. The summed E-state index contributed by atoms with van der Waals surface area (Å²) in [6.45, 7) is -1.71. The van der Waals surface area contributed by atoms with Crippen LogP contribution in [0.15, 0.2) is 60.7 Å². The van der Waals surface area contributed by atoms with E-state index in [9.17, 15) is 8.78 Å². The van der Waals surface area contributed by atoms with Crippen molar-refractivity contribution in [1.29, 1.82) is 0 Å². The average molecular weight is 347 g/mol. The zero-order valence-electron chi connectivity index (χ0n) is 11.1. The molecule has 0 amide bonds. The van der Waals surface area contributed by atoms with Crippen molar-refractivity contribution in [3.8, 4) is 0 Å². The second-order valence-corrected chi connectivity index (χ2v) is 7.89. The summed E-state index contributed by atoms with van der Waals surface area (Å²) in [5.41, 5.74) is 1.13. The standard InChI is InChI=1S/C16H14Cl2F2S/c17-15(11-19,13-7-3-1-4-8-13)21-16(18,12-20)14-9-5-2-6-10-14/h1-10H,11-12H2. The largest absolute Gasteiger partial charge is 0.248 e. The number of alkyl halides is 4. The molecule has 0 aliphatic heterocycles. The quantitative estimate of drug-likeness (QED) is 0.592. The van der Waals surface area contributed by atoms with Crippen molar-refractivity contribution < 1.29 is 8.78 Å². The Morgan fingerprint density at radius 3 is 1.33 bits per heavy atom. The minimum atomic E-state index is -1.43. The fourth-order valence-electron chi connectivity index (χ4n) is 1.96. The van der Waals surface area contributed by atoms with Gasteiger partial charge in [0.2, 0.25) is 0 Å². The molecule has 0 nitrogen and oxygen atoms in total. The predicted molar refractivity (Wildman–Crippen MR) is 87.5 cm³/mol. The van der Waals surface area contributed by atoms with Crippen LogP contribution in [-0.4, -0.2) is 13.3 Å². The number of benzene rings is 2. The van der Waals surface area contributed by atoms with Crippen LogP contribution >= 0.6 is 35.0 Å². The lowest BCUT2D eigenvalue weighted by Crippen LogP contribution is -2.27. The molecule has 112 valence electrons. The fraction of sp³-hybridized carbons (Fsp3) is 0.250. The molecule has 0 saturated heterocycles. The van der Waals surface area contributed by atoms with E-state index in [1.165, 1.54) is 0 Å². The molecule has 2 unspecified atom stereocenters. The lowest BCUT2D eigenvalue weighted by atomic mass is 10.1. The number of hydrogen-bond acceptors (Lipinski definition) is 1. The second-order valence-electron chi connectivity index (χ2n) is 4.56. The highest BCUT2D eigenvalue weighted by Gasteiger charge is 2.42. The zero-order chi connectivity index (χ0) is 15.3. The summed E-state index contributed by atoms with van der Waals surface area (Å²) in [6, 6.07) is 17.5. The summed E-state index contributed by atoms with van der Waals surface area (Å²) >= 11 is 13.7. The molecule has 0 N–H and O–H groups in total. The summed E-state index contributed by atoms with van der Waals surface area (Å²) in [7, 11) is 0. The van der Waals surface area contributed by atoms with Gasteiger partial charge in [-0.3, -0.25) is 0 Å². The Morgan fingerprint density at radius 2 is 1.05 bits per heavy atom. The van der Waals surface area contributed by atoms with E-state index >= 15 is 0 Å². The van der Waals surface area contributed by atoms with E-state index in [0.29, 0.717) is 11.1 Å². The molecule has 0 bridgehead atoms.